The average molecular weight is 264 g/mol. The van der Waals surface area contributed by atoms with Crippen LogP contribution in [0.4, 0.5) is 0 Å². The van der Waals surface area contributed by atoms with Crippen molar-refractivity contribution >= 4 is 5.97 Å². The van der Waals surface area contributed by atoms with E-state index in [4.69, 9.17) is 4.74 Å². The Bertz CT molecular complexity index is 432. The minimum Gasteiger partial charge on any atom is -0.497 e. The molecule has 4 heteroatoms. The fourth-order valence-corrected chi connectivity index (χ4v) is 2.93. The molecule has 1 aliphatic carbocycles. The number of rotatable bonds is 4. The number of carbonyl (C=O) groups is 1. The maximum atomic E-state index is 11.6. The van der Waals surface area contributed by atoms with E-state index >= 15 is 0 Å². The number of hydrogen-bond acceptors (Lipinski definition) is 3. The SMILES string of the molecule is COc1ccc([C@H](C(=O)O)C2(O)CCCCC2)cc1. The summed E-state index contributed by atoms with van der Waals surface area (Å²) in [5, 5.41) is 20.1. The van der Waals surface area contributed by atoms with E-state index in [-0.39, 0.29) is 0 Å². The van der Waals surface area contributed by atoms with Gasteiger partial charge in [-0.2, -0.15) is 0 Å². The highest BCUT2D eigenvalue weighted by molar-refractivity contribution is 5.78. The molecule has 2 N–H and O–H groups in total. The lowest BCUT2D eigenvalue weighted by Gasteiger charge is -2.37. The first kappa shape index (κ1) is 13.9. The van der Waals surface area contributed by atoms with Crippen molar-refractivity contribution in [3.8, 4) is 5.75 Å². The van der Waals surface area contributed by atoms with Crippen LogP contribution in [0.1, 0.15) is 43.6 Å². The lowest BCUT2D eigenvalue weighted by Crippen LogP contribution is -2.42. The van der Waals surface area contributed by atoms with Crippen LogP contribution in [0.5, 0.6) is 5.75 Å². The number of methoxy groups -OCH3 is 1. The van der Waals surface area contributed by atoms with Gasteiger partial charge in [0.2, 0.25) is 0 Å². The first-order valence-corrected chi connectivity index (χ1v) is 6.66. The summed E-state index contributed by atoms with van der Waals surface area (Å²) in [6, 6.07) is 6.92. The summed E-state index contributed by atoms with van der Waals surface area (Å²) >= 11 is 0. The molecule has 0 amide bonds. The third kappa shape index (κ3) is 2.89. The summed E-state index contributed by atoms with van der Waals surface area (Å²) in [6.07, 6.45) is 3.94. The lowest BCUT2D eigenvalue weighted by atomic mass is 9.73. The zero-order valence-corrected chi connectivity index (χ0v) is 11.1. The quantitative estimate of drug-likeness (QED) is 0.877. The van der Waals surface area contributed by atoms with E-state index in [0.717, 1.165) is 19.3 Å². The molecule has 1 atom stereocenters. The van der Waals surface area contributed by atoms with Crippen molar-refractivity contribution in [2.24, 2.45) is 0 Å². The lowest BCUT2D eigenvalue weighted by molar-refractivity contribution is -0.147. The van der Waals surface area contributed by atoms with Crippen LogP contribution >= 0.6 is 0 Å². The highest BCUT2D eigenvalue weighted by Gasteiger charge is 2.43. The third-order valence-corrected chi connectivity index (χ3v) is 3.95. The van der Waals surface area contributed by atoms with Gasteiger partial charge < -0.3 is 14.9 Å². The number of benzene rings is 1. The number of aliphatic hydroxyl groups is 1. The number of carboxylic acids is 1. The average Bonchev–Trinajstić information content (AvgIpc) is 2.40. The minimum absolute atomic E-state index is 0.552. The summed E-state index contributed by atoms with van der Waals surface area (Å²) in [4.78, 5) is 11.6. The van der Waals surface area contributed by atoms with Gasteiger partial charge in [0.1, 0.15) is 11.7 Å². The van der Waals surface area contributed by atoms with Gasteiger partial charge >= 0.3 is 5.97 Å². The maximum absolute atomic E-state index is 11.6. The van der Waals surface area contributed by atoms with Gasteiger partial charge in [-0.1, -0.05) is 31.4 Å². The van der Waals surface area contributed by atoms with Crippen molar-refractivity contribution in [3.05, 3.63) is 29.8 Å². The molecule has 104 valence electrons. The Kier molecular flexibility index (Phi) is 4.10. The number of carboxylic acid groups (broad SMARTS) is 1. The third-order valence-electron chi connectivity index (χ3n) is 3.95. The molecule has 0 aromatic heterocycles. The van der Waals surface area contributed by atoms with Crippen LogP contribution in [0.15, 0.2) is 24.3 Å². The highest BCUT2D eigenvalue weighted by Crippen LogP contribution is 2.40. The minimum atomic E-state index is -1.13. The van der Waals surface area contributed by atoms with E-state index in [9.17, 15) is 15.0 Å². The van der Waals surface area contributed by atoms with Crippen LogP contribution in [0, 0.1) is 0 Å². The maximum Gasteiger partial charge on any atom is 0.313 e. The van der Waals surface area contributed by atoms with Gasteiger partial charge in [-0.15, -0.1) is 0 Å². The Morgan fingerprint density at radius 2 is 1.79 bits per heavy atom. The predicted octanol–water partition coefficient (Wildman–Crippen LogP) is 2.56. The van der Waals surface area contributed by atoms with Crippen LogP contribution in [-0.4, -0.2) is 28.9 Å². The molecule has 1 aromatic carbocycles. The van der Waals surface area contributed by atoms with E-state index in [1.165, 1.54) is 0 Å². The van der Waals surface area contributed by atoms with Gasteiger partial charge in [0.25, 0.3) is 0 Å². The molecule has 0 aliphatic heterocycles. The van der Waals surface area contributed by atoms with E-state index in [1.807, 2.05) is 0 Å². The van der Waals surface area contributed by atoms with E-state index in [0.29, 0.717) is 24.2 Å². The number of ether oxygens (including phenoxy) is 1. The predicted molar refractivity (Wildman–Crippen MR) is 71.4 cm³/mol. The smallest absolute Gasteiger partial charge is 0.313 e. The molecule has 1 aromatic rings. The zero-order chi connectivity index (χ0) is 13.9. The first-order chi connectivity index (χ1) is 9.07. The van der Waals surface area contributed by atoms with E-state index in [2.05, 4.69) is 0 Å². The molecule has 4 nitrogen and oxygen atoms in total. The summed E-state index contributed by atoms with van der Waals surface area (Å²) < 4.78 is 5.07. The molecule has 0 heterocycles. The fourth-order valence-electron chi connectivity index (χ4n) is 2.93. The summed E-state index contributed by atoms with van der Waals surface area (Å²) in [5.74, 6) is -1.14. The van der Waals surface area contributed by atoms with Gasteiger partial charge in [0, 0.05) is 0 Å². The Labute approximate surface area is 113 Å². The molecule has 0 unspecified atom stereocenters. The molecule has 2 rings (SSSR count). The summed E-state index contributed by atoms with van der Waals surface area (Å²) in [5.41, 5.74) is -0.490. The van der Waals surface area contributed by atoms with Crippen LogP contribution < -0.4 is 4.74 Å². The second-order valence-corrected chi connectivity index (χ2v) is 5.21. The van der Waals surface area contributed by atoms with Gasteiger partial charge in [-0.05, 0) is 30.5 Å². The van der Waals surface area contributed by atoms with E-state index in [1.54, 1.807) is 31.4 Å². The number of aliphatic carboxylic acids is 1. The van der Waals surface area contributed by atoms with Crippen molar-refractivity contribution in [1.29, 1.82) is 0 Å². The molecular formula is C15H20O4. The summed E-state index contributed by atoms with van der Waals surface area (Å²) in [6.45, 7) is 0. The molecule has 0 saturated heterocycles. The van der Waals surface area contributed by atoms with Gasteiger partial charge in [0.05, 0.1) is 12.7 Å². The molecule has 0 radical (unpaired) electrons. The fraction of sp³-hybridized carbons (Fsp3) is 0.533. The Morgan fingerprint density at radius 3 is 2.26 bits per heavy atom. The van der Waals surface area contributed by atoms with Crippen molar-refractivity contribution in [1.82, 2.24) is 0 Å². The van der Waals surface area contributed by atoms with Crippen LogP contribution in [0.25, 0.3) is 0 Å². The molecule has 0 bridgehead atoms. The van der Waals surface area contributed by atoms with E-state index < -0.39 is 17.5 Å². The van der Waals surface area contributed by atoms with Crippen molar-refractivity contribution < 1.29 is 19.7 Å². The normalized spacial score (nSPS) is 19.7. The van der Waals surface area contributed by atoms with Crippen LogP contribution in [0.2, 0.25) is 0 Å². The van der Waals surface area contributed by atoms with Crippen molar-refractivity contribution in [3.63, 3.8) is 0 Å². The second-order valence-electron chi connectivity index (χ2n) is 5.21. The van der Waals surface area contributed by atoms with Crippen molar-refractivity contribution in [2.45, 2.75) is 43.6 Å². The summed E-state index contributed by atoms with van der Waals surface area (Å²) in [7, 11) is 1.57. The molecule has 1 fully saturated rings. The van der Waals surface area contributed by atoms with Gasteiger partial charge in [0.15, 0.2) is 0 Å². The van der Waals surface area contributed by atoms with Gasteiger partial charge in [-0.25, -0.2) is 0 Å². The van der Waals surface area contributed by atoms with Crippen LogP contribution in [-0.2, 0) is 4.79 Å². The molecule has 19 heavy (non-hydrogen) atoms. The van der Waals surface area contributed by atoms with Crippen molar-refractivity contribution in [2.75, 3.05) is 7.11 Å². The van der Waals surface area contributed by atoms with Crippen LogP contribution in [0.3, 0.4) is 0 Å². The monoisotopic (exact) mass is 264 g/mol. The molecular weight excluding hydrogens is 244 g/mol. The molecule has 1 saturated carbocycles. The Hall–Kier alpha value is -1.55. The second kappa shape index (κ2) is 5.61. The molecule has 0 spiro atoms. The van der Waals surface area contributed by atoms with Gasteiger partial charge in [-0.3, -0.25) is 4.79 Å². The largest absolute Gasteiger partial charge is 0.497 e. The Morgan fingerprint density at radius 1 is 1.21 bits per heavy atom. The standard InChI is InChI=1S/C15H20O4/c1-19-12-7-5-11(6-8-12)13(14(16)17)15(18)9-3-2-4-10-15/h5-8,13,18H,2-4,9-10H2,1H3,(H,16,17)/t13-/m1/s1. The topological polar surface area (TPSA) is 66.8 Å². The molecule has 1 aliphatic rings. The first-order valence-electron chi connectivity index (χ1n) is 6.66. The number of hydrogen-bond donors (Lipinski definition) is 2. The highest BCUT2D eigenvalue weighted by atomic mass is 16.5. The zero-order valence-electron chi connectivity index (χ0n) is 11.1. The Balaban J connectivity index is 2.30.